The average Bonchev–Trinajstić information content (AvgIpc) is 2.83. The van der Waals surface area contributed by atoms with Crippen molar-refractivity contribution in [2.24, 2.45) is 0 Å². The van der Waals surface area contributed by atoms with Crippen LogP contribution in [0.3, 0.4) is 0 Å². The number of fused-ring (bicyclic) bond motifs is 1. The van der Waals surface area contributed by atoms with Crippen molar-refractivity contribution < 1.29 is 14.3 Å². The van der Waals surface area contributed by atoms with E-state index in [0.717, 1.165) is 4.68 Å². The molecule has 0 fully saturated rings. The zero-order valence-corrected chi connectivity index (χ0v) is 10.1. The predicted octanol–water partition coefficient (Wildman–Crippen LogP) is 1.88. The van der Waals surface area contributed by atoms with Crippen molar-refractivity contribution in [1.82, 2.24) is 15.0 Å². The van der Waals surface area contributed by atoms with Gasteiger partial charge in [0.1, 0.15) is 0 Å². The highest BCUT2D eigenvalue weighted by atomic mass is 35.5. The van der Waals surface area contributed by atoms with Gasteiger partial charge >= 0.3 is 11.9 Å². The predicted molar refractivity (Wildman–Crippen MR) is 61.1 cm³/mol. The van der Waals surface area contributed by atoms with Gasteiger partial charge in [-0.3, -0.25) is 0 Å². The van der Waals surface area contributed by atoms with Crippen molar-refractivity contribution in [2.45, 2.75) is 0 Å². The first-order chi connectivity index (χ1) is 8.58. The van der Waals surface area contributed by atoms with Crippen molar-refractivity contribution in [3.05, 3.63) is 39.6 Å². The van der Waals surface area contributed by atoms with E-state index in [9.17, 15) is 9.59 Å². The molecule has 0 saturated carbocycles. The summed E-state index contributed by atoms with van der Waals surface area (Å²) in [5.74, 6) is -1.61. The molecule has 2 aromatic rings. The molecule has 0 atom stereocenters. The summed E-state index contributed by atoms with van der Waals surface area (Å²) < 4.78 is 5.58. The molecule has 0 bridgehead atoms. The normalized spacial score (nSPS) is 13.7. The van der Waals surface area contributed by atoms with Gasteiger partial charge in [-0.25, -0.2) is 14.3 Å². The van der Waals surface area contributed by atoms with E-state index < -0.39 is 11.9 Å². The largest absolute Gasteiger partial charge is 0.383 e. The molecule has 2 heterocycles. The van der Waals surface area contributed by atoms with Crippen molar-refractivity contribution in [1.29, 1.82) is 0 Å². The quantitative estimate of drug-likeness (QED) is 0.590. The van der Waals surface area contributed by atoms with Gasteiger partial charge in [0.2, 0.25) is 5.69 Å². The van der Waals surface area contributed by atoms with E-state index in [4.69, 9.17) is 23.2 Å². The van der Waals surface area contributed by atoms with Gasteiger partial charge in [-0.05, 0) is 18.2 Å². The number of hydrogen-bond donors (Lipinski definition) is 0. The molecule has 90 valence electrons. The van der Waals surface area contributed by atoms with E-state index >= 15 is 0 Å². The molecule has 18 heavy (non-hydrogen) atoms. The Hall–Kier alpha value is -1.92. The molecule has 8 heteroatoms. The molecule has 1 aromatic heterocycles. The van der Waals surface area contributed by atoms with E-state index in [-0.39, 0.29) is 16.4 Å². The monoisotopic (exact) mass is 283 g/mol. The maximum atomic E-state index is 11.5. The lowest BCUT2D eigenvalue weighted by molar-refractivity contribution is 0.0434. The minimum atomic E-state index is -0.814. The second-order valence-electron chi connectivity index (χ2n) is 3.47. The van der Waals surface area contributed by atoms with Crippen LogP contribution in [0.25, 0.3) is 5.69 Å². The molecule has 1 aliphatic heterocycles. The number of esters is 2. The number of benzene rings is 1. The van der Waals surface area contributed by atoms with E-state index in [1.165, 1.54) is 6.07 Å². The van der Waals surface area contributed by atoms with Gasteiger partial charge in [0, 0.05) is 5.02 Å². The molecule has 1 aliphatic rings. The number of cyclic esters (lactones) is 2. The average molecular weight is 284 g/mol. The molecule has 0 saturated heterocycles. The van der Waals surface area contributed by atoms with Gasteiger partial charge in [0.15, 0.2) is 5.69 Å². The standard InChI is InChI=1S/C10H3Cl2N3O3/c11-4-1-2-6(5(12)3-4)15-8-7(13-14-15)9(16)18-10(8)17/h1-3H. The van der Waals surface area contributed by atoms with Gasteiger partial charge in [-0.1, -0.05) is 28.4 Å². The molecular formula is C10H3Cl2N3O3. The summed E-state index contributed by atoms with van der Waals surface area (Å²) in [4.78, 5) is 22.7. The molecular weight excluding hydrogens is 281 g/mol. The third kappa shape index (κ3) is 1.50. The van der Waals surface area contributed by atoms with Crippen LogP contribution in [-0.4, -0.2) is 26.9 Å². The highest BCUT2D eigenvalue weighted by Gasteiger charge is 2.37. The first-order valence-electron chi connectivity index (χ1n) is 4.75. The maximum Gasteiger partial charge on any atom is 0.369 e. The van der Waals surface area contributed by atoms with Crippen LogP contribution in [0.15, 0.2) is 18.2 Å². The molecule has 6 nitrogen and oxygen atoms in total. The minimum Gasteiger partial charge on any atom is -0.383 e. The van der Waals surface area contributed by atoms with Crippen molar-refractivity contribution in [3.8, 4) is 5.69 Å². The zero-order valence-electron chi connectivity index (χ0n) is 8.55. The van der Waals surface area contributed by atoms with Crippen molar-refractivity contribution >= 4 is 35.1 Å². The number of ether oxygens (including phenoxy) is 1. The van der Waals surface area contributed by atoms with Gasteiger partial charge < -0.3 is 4.74 Å². The minimum absolute atomic E-state index is 0.0378. The van der Waals surface area contributed by atoms with Gasteiger partial charge in [0.25, 0.3) is 0 Å². The Bertz CT molecular complexity index is 696. The lowest BCUT2D eigenvalue weighted by atomic mass is 10.3. The topological polar surface area (TPSA) is 74.1 Å². The van der Waals surface area contributed by atoms with E-state index in [1.807, 2.05) is 0 Å². The van der Waals surface area contributed by atoms with Crippen LogP contribution in [0, 0.1) is 0 Å². The molecule has 1 aromatic carbocycles. The van der Waals surface area contributed by atoms with Crippen LogP contribution in [0.5, 0.6) is 0 Å². The molecule has 0 spiro atoms. The lowest BCUT2D eigenvalue weighted by Crippen LogP contribution is -2.08. The first-order valence-corrected chi connectivity index (χ1v) is 5.51. The summed E-state index contributed by atoms with van der Waals surface area (Å²) >= 11 is 11.8. The Balaban J connectivity index is 2.23. The number of aromatic nitrogens is 3. The Morgan fingerprint density at radius 1 is 1.17 bits per heavy atom. The molecule has 0 N–H and O–H groups in total. The molecule has 0 amide bonds. The van der Waals surface area contributed by atoms with E-state index in [0.29, 0.717) is 10.7 Å². The van der Waals surface area contributed by atoms with E-state index in [1.54, 1.807) is 12.1 Å². The second kappa shape index (κ2) is 3.79. The lowest BCUT2D eigenvalue weighted by Gasteiger charge is -2.05. The van der Waals surface area contributed by atoms with Gasteiger partial charge in [-0.15, -0.1) is 5.10 Å². The van der Waals surface area contributed by atoms with Crippen LogP contribution in [0.2, 0.25) is 10.0 Å². The summed E-state index contributed by atoms with van der Waals surface area (Å²) in [6.45, 7) is 0. The van der Waals surface area contributed by atoms with Crippen molar-refractivity contribution in [2.75, 3.05) is 0 Å². The smallest absolute Gasteiger partial charge is 0.369 e. The summed E-state index contributed by atoms with van der Waals surface area (Å²) in [6, 6.07) is 4.64. The number of halogens is 2. The van der Waals surface area contributed by atoms with Crippen molar-refractivity contribution in [3.63, 3.8) is 0 Å². The Labute approximate surface area is 110 Å². The number of rotatable bonds is 1. The molecule has 0 unspecified atom stereocenters. The van der Waals surface area contributed by atoms with Crippen LogP contribution in [0.4, 0.5) is 0 Å². The summed E-state index contributed by atoms with van der Waals surface area (Å²) in [6.07, 6.45) is 0. The Morgan fingerprint density at radius 3 is 2.67 bits per heavy atom. The molecule has 3 rings (SSSR count). The number of nitrogens with zero attached hydrogens (tertiary/aromatic N) is 3. The fraction of sp³-hybridized carbons (Fsp3) is 0. The molecule has 0 radical (unpaired) electrons. The third-order valence-corrected chi connectivity index (χ3v) is 2.92. The van der Waals surface area contributed by atoms with Gasteiger partial charge in [-0.2, -0.15) is 0 Å². The highest BCUT2D eigenvalue weighted by molar-refractivity contribution is 6.35. The third-order valence-electron chi connectivity index (χ3n) is 2.38. The van der Waals surface area contributed by atoms with Crippen LogP contribution in [0.1, 0.15) is 21.0 Å². The van der Waals surface area contributed by atoms with Gasteiger partial charge in [0.05, 0.1) is 10.7 Å². The number of carbonyl (C=O) groups excluding carboxylic acids is 2. The fourth-order valence-electron chi connectivity index (χ4n) is 1.61. The van der Waals surface area contributed by atoms with Crippen LogP contribution in [-0.2, 0) is 4.74 Å². The maximum absolute atomic E-state index is 11.5. The van der Waals surface area contributed by atoms with Crippen LogP contribution < -0.4 is 0 Å². The molecule has 0 aliphatic carbocycles. The second-order valence-corrected chi connectivity index (χ2v) is 4.31. The Kier molecular flexibility index (Phi) is 2.36. The van der Waals surface area contributed by atoms with E-state index in [2.05, 4.69) is 15.0 Å². The fourth-order valence-corrected chi connectivity index (χ4v) is 2.09. The number of carbonyl (C=O) groups is 2. The Morgan fingerprint density at radius 2 is 1.94 bits per heavy atom. The summed E-state index contributed by atoms with van der Waals surface area (Å²) in [7, 11) is 0. The zero-order chi connectivity index (χ0) is 12.9. The number of hydrogen-bond acceptors (Lipinski definition) is 5. The van der Waals surface area contributed by atoms with Crippen LogP contribution >= 0.6 is 23.2 Å². The first kappa shape index (κ1) is 11.2. The summed E-state index contributed by atoms with van der Waals surface area (Å²) in [5.41, 5.74) is 0.233. The SMILES string of the molecule is O=C1OC(=O)c2c1nnn2-c1ccc(Cl)cc1Cl. The summed E-state index contributed by atoms with van der Waals surface area (Å²) in [5, 5.41) is 8.03. The highest BCUT2D eigenvalue weighted by Crippen LogP contribution is 2.27.